The van der Waals surface area contributed by atoms with Crippen molar-refractivity contribution in [3.05, 3.63) is 57.2 Å². The third-order valence-corrected chi connectivity index (χ3v) is 7.10. The molecule has 3 heterocycles. The van der Waals surface area contributed by atoms with Crippen LogP contribution in [0.3, 0.4) is 0 Å². The van der Waals surface area contributed by atoms with Crippen LogP contribution in [0.2, 0.25) is 0 Å². The molecule has 1 fully saturated rings. The number of halogens is 2. The van der Waals surface area contributed by atoms with Crippen molar-refractivity contribution < 1.29 is 9.13 Å². The zero-order chi connectivity index (χ0) is 21.0. The lowest BCUT2D eigenvalue weighted by Crippen LogP contribution is -2.18. The predicted molar refractivity (Wildman–Crippen MR) is 127 cm³/mol. The van der Waals surface area contributed by atoms with E-state index in [1.807, 2.05) is 23.7 Å². The molecule has 0 spiro atoms. The van der Waals surface area contributed by atoms with E-state index in [9.17, 15) is 4.39 Å². The van der Waals surface area contributed by atoms with Crippen LogP contribution in [0, 0.1) is 16.3 Å². The molecule has 0 bridgehead atoms. The normalized spacial score (nSPS) is 17.5. The largest absolute Gasteiger partial charge is 0.357 e. The molecule has 0 radical (unpaired) electrons. The summed E-state index contributed by atoms with van der Waals surface area (Å²) >= 11 is 2.42. The van der Waals surface area contributed by atoms with E-state index in [1.54, 1.807) is 6.07 Å². The zero-order valence-corrected chi connectivity index (χ0v) is 19.6. The van der Waals surface area contributed by atoms with E-state index in [0.29, 0.717) is 11.5 Å². The molecule has 1 unspecified atom stereocenters. The lowest BCUT2D eigenvalue weighted by Gasteiger charge is -2.22. The van der Waals surface area contributed by atoms with Gasteiger partial charge in [0.2, 0.25) is 0 Å². The summed E-state index contributed by atoms with van der Waals surface area (Å²) in [6, 6.07) is 9.82. The predicted octanol–water partition coefficient (Wildman–Crippen LogP) is 6.85. The summed E-state index contributed by atoms with van der Waals surface area (Å²) in [4.78, 5) is 0. The van der Waals surface area contributed by atoms with Crippen LogP contribution in [0.25, 0.3) is 27.5 Å². The number of benzene rings is 2. The van der Waals surface area contributed by atoms with Gasteiger partial charge in [0.05, 0.1) is 9.09 Å². The molecule has 0 saturated carbocycles. The Hall–Kier alpha value is -1.93. The highest BCUT2D eigenvalue weighted by atomic mass is 127. The van der Waals surface area contributed by atoms with Crippen LogP contribution in [0.15, 0.2) is 36.5 Å². The standard InChI is InChI=1S/C24H25FIN3O/c1-14(2)20-12-18-21(29(20)17-7-8-19(25)15(3)10-17)11-16-13-28(27-24(16)23(18)26)22-6-4-5-9-30-22/h7-8,10-14,22H,4-6,9H2,1-3H3. The first-order chi connectivity index (χ1) is 14.4. The summed E-state index contributed by atoms with van der Waals surface area (Å²) < 4.78 is 25.3. The number of aromatic nitrogens is 3. The Morgan fingerprint density at radius 3 is 2.73 bits per heavy atom. The molecule has 2 aromatic carbocycles. The Balaban J connectivity index is 1.74. The molecule has 0 amide bonds. The molecule has 156 valence electrons. The van der Waals surface area contributed by atoms with Crippen molar-refractivity contribution in [2.75, 3.05) is 6.61 Å². The first kappa shape index (κ1) is 20.0. The Kier molecular flexibility index (Phi) is 5.09. The van der Waals surface area contributed by atoms with E-state index in [-0.39, 0.29) is 12.0 Å². The minimum Gasteiger partial charge on any atom is -0.357 e. The molecule has 1 atom stereocenters. The quantitative estimate of drug-likeness (QED) is 0.278. The summed E-state index contributed by atoms with van der Waals surface area (Å²) in [7, 11) is 0. The number of hydrogen-bond acceptors (Lipinski definition) is 2. The topological polar surface area (TPSA) is 32.0 Å². The maximum Gasteiger partial charge on any atom is 0.150 e. The van der Waals surface area contributed by atoms with Gasteiger partial charge in [-0.1, -0.05) is 13.8 Å². The van der Waals surface area contributed by atoms with Gasteiger partial charge in [-0.05, 0) is 90.6 Å². The average Bonchev–Trinajstić information content (AvgIpc) is 3.33. The number of nitrogens with zero attached hydrogens (tertiary/aromatic N) is 3. The maximum absolute atomic E-state index is 13.9. The monoisotopic (exact) mass is 517 g/mol. The van der Waals surface area contributed by atoms with Crippen molar-refractivity contribution in [3.8, 4) is 5.69 Å². The van der Waals surface area contributed by atoms with Gasteiger partial charge in [0.15, 0.2) is 0 Å². The minimum absolute atomic E-state index is 0.0226. The molecule has 4 nitrogen and oxygen atoms in total. The van der Waals surface area contributed by atoms with Crippen molar-refractivity contribution >= 4 is 44.4 Å². The van der Waals surface area contributed by atoms with Gasteiger partial charge in [-0.2, -0.15) is 5.10 Å². The average molecular weight is 517 g/mol. The Morgan fingerprint density at radius 2 is 2.03 bits per heavy atom. The summed E-state index contributed by atoms with van der Waals surface area (Å²) in [6.45, 7) is 7.00. The second kappa shape index (κ2) is 7.64. The van der Waals surface area contributed by atoms with E-state index >= 15 is 0 Å². The molecule has 0 N–H and O–H groups in total. The highest BCUT2D eigenvalue weighted by Gasteiger charge is 2.21. The fraction of sp³-hybridized carbons (Fsp3) is 0.375. The SMILES string of the molecule is Cc1cc(-n2c(C(C)C)cc3c(I)c4nn(C5CCCCO5)cc4cc32)ccc1F. The third kappa shape index (κ3) is 3.24. The van der Waals surface area contributed by atoms with Crippen LogP contribution in [-0.4, -0.2) is 21.0 Å². The van der Waals surface area contributed by atoms with Gasteiger partial charge < -0.3 is 9.30 Å². The van der Waals surface area contributed by atoms with Gasteiger partial charge in [-0.25, -0.2) is 9.07 Å². The molecule has 2 aromatic heterocycles. The Bertz CT molecular complexity index is 1250. The van der Waals surface area contributed by atoms with E-state index < -0.39 is 0 Å². The number of fused-ring (bicyclic) bond motifs is 2. The smallest absolute Gasteiger partial charge is 0.150 e. The molecule has 30 heavy (non-hydrogen) atoms. The zero-order valence-electron chi connectivity index (χ0n) is 17.5. The van der Waals surface area contributed by atoms with Crippen LogP contribution >= 0.6 is 22.6 Å². The summed E-state index contributed by atoms with van der Waals surface area (Å²) in [5, 5.41) is 7.18. The van der Waals surface area contributed by atoms with E-state index in [1.165, 1.54) is 17.5 Å². The fourth-order valence-corrected chi connectivity index (χ4v) is 5.23. The maximum atomic E-state index is 13.9. The lowest BCUT2D eigenvalue weighted by molar-refractivity contribution is -0.0390. The van der Waals surface area contributed by atoms with Crippen molar-refractivity contribution in [2.24, 2.45) is 0 Å². The lowest BCUT2D eigenvalue weighted by atomic mass is 10.1. The van der Waals surface area contributed by atoms with Crippen LogP contribution in [0.4, 0.5) is 4.39 Å². The highest BCUT2D eigenvalue weighted by molar-refractivity contribution is 14.1. The molecule has 0 aliphatic carbocycles. The molecule has 5 rings (SSSR count). The third-order valence-electron chi connectivity index (χ3n) is 6.01. The first-order valence-corrected chi connectivity index (χ1v) is 11.6. The second-order valence-corrected chi connectivity index (χ2v) is 9.56. The molecule has 1 aliphatic heterocycles. The summed E-state index contributed by atoms with van der Waals surface area (Å²) in [6.07, 6.45) is 5.43. The highest BCUT2D eigenvalue weighted by Crippen LogP contribution is 2.36. The Labute approximate surface area is 189 Å². The van der Waals surface area contributed by atoms with E-state index in [2.05, 4.69) is 59.3 Å². The number of hydrogen-bond donors (Lipinski definition) is 0. The van der Waals surface area contributed by atoms with Gasteiger partial charge in [-0.15, -0.1) is 0 Å². The van der Waals surface area contributed by atoms with Crippen LogP contribution < -0.4 is 0 Å². The van der Waals surface area contributed by atoms with Crippen molar-refractivity contribution in [1.29, 1.82) is 0 Å². The van der Waals surface area contributed by atoms with Gasteiger partial charge in [0.1, 0.15) is 17.6 Å². The molecule has 1 aliphatic rings. The number of aryl methyl sites for hydroxylation is 1. The molecular formula is C24H25FIN3O. The summed E-state index contributed by atoms with van der Waals surface area (Å²) in [5.74, 6) is 0.161. The van der Waals surface area contributed by atoms with Gasteiger partial charge >= 0.3 is 0 Å². The van der Waals surface area contributed by atoms with Crippen molar-refractivity contribution in [2.45, 2.75) is 52.2 Å². The number of ether oxygens (including phenoxy) is 1. The molecule has 4 aromatic rings. The van der Waals surface area contributed by atoms with Crippen LogP contribution in [0.5, 0.6) is 0 Å². The van der Waals surface area contributed by atoms with Gasteiger partial charge in [0.25, 0.3) is 0 Å². The van der Waals surface area contributed by atoms with Gasteiger partial charge in [0, 0.05) is 35.0 Å². The van der Waals surface area contributed by atoms with Crippen molar-refractivity contribution in [1.82, 2.24) is 14.3 Å². The summed E-state index contributed by atoms with van der Waals surface area (Å²) in [5.41, 5.74) is 5.00. The minimum atomic E-state index is -0.174. The van der Waals surface area contributed by atoms with Gasteiger partial charge in [-0.3, -0.25) is 0 Å². The van der Waals surface area contributed by atoms with Crippen LogP contribution in [0.1, 0.15) is 56.5 Å². The number of rotatable bonds is 3. The van der Waals surface area contributed by atoms with Crippen molar-refractivity contribution in [3.63, 3.8) is 0 Å². The molecular weight excluding hydrogens is 492 g/mol. The second-order valence-electron chi connectivity index (χ2n) is 8.48. The van der Waals surface area contributed by atoms with Crippen LogP contribution in [-0.2, 0) is 4.74 Å². The molecule has 6 heteroatoms. The molecule has 1 saturated heterocycles. The first-order valence-electron chi connectivity index (χ1n) is 10.5. The van der Waals surface area contributed by atoms with E-state index in [4.69, 9.17) is 9.84 Å². The van der Waals surface area contributed by atoms with E-state index in [0.717, 1.165) is 45.1 Å². The Morgan fingerprint density at radius 1 is 1.20 bits per heavy atom. The fourth-order valence-electron chi connectivity index (χ4n) is 4.38.